The fraction of sp³-hybridized carbons (Fsp3) is 0.222. The minimum atomic E-state index is -0.273. The van der Waals surface area contributed by atoms with Crippen LogP contribution in [0.15, 0.2) is 66.7 Å². The highest BCUT2D eigenvalue weighted by Crippen LogP contribution is 2.46. The number of amides is 1. The van der Waals surface area contributed by atoms with Crippen LogP contribution in [0.2, 0.25) is 0 Å². The molecular formula is C27H27NO3. The number of nitrogens with zero attached hydrogens (tertiary/aromatic N) is 1. The molecule has 0 aromatic heterocycles. The summed E-state index contributed by atoms with van der Waals surface area (Å²) < 4.78 is 0. The quantitative estimate of drug-likeness (QED) is 0.384. The summed E-state index contributed by atoms with van der Waals surface area (Å²) in [5, 5.41) is 25.0. The summed E-state index contributed by atoms with van der Waals surface area (Å²) in [7, 11) is 0. The highest BCUT2D eigenvalue weighted by atomic mass is 16.3. The maximum absolute atomic E-state index is 13.9. The van der Waals surface area contributed by atoms with E-state index in [0.717, 1.165) is 10.8 Å². The molecule has 0 radical (unpaired) electrons. The van der Waals surface area contributed by atoms with Gasteiger partial charge >= 0.3 is 0 Å². The highest BCUT2D eigenvalue weighted by Gasteiger charge is 2.30. The summed E-state index contributed by atoms with van der Waals surface area (Å²) >= 11 is 0. The van der Waals surface area contributed by atoms with Gasteiger partial charge in [-0.15, -0.1) is 0 Å². The molecule has 4 heteroatoms. The Kier molecular flexibility index (Phi) is 5.32. The van der Waals surface area contributed by atoms with Gasteiger partial charge in [0.15, 0.2) is 11.5 Å². The molecule has 0 saturated heterocycles. The maximum atomic E-state index is 13.9. The molecule has 2 N–H and O–H groups in total. The molecule has 0 fully saturated rings. The number of carbonyl (C=O) groups is 1. The Balaban J connectivity index is 2.09. The molecule has 1 amide bonds. The second-order valence-corrected chi connectivity index (χ2v) is 8.45. The lowest BCUT2D eigenvalue weighted by molar-refractivity contribution is 0.0646. The first-order chi connectivity index (χ1) is 14.8. The molecule has 0 bridgehead atoms. The summed E-state index contributed by atoms with van der Waals surface area (Å²) in [6, 6.07) is 20.9. The Morgan fingerprint density at radius 2 is 1.32 bits per heavy atom. The van der Waals surface area contributed by atoms with Gasteiger partial charge in [0.2, 0.25) is 0 Å². The molecule has 0 unspecified atom stereocenters. The molecule has 0 heterocycles. The van der Waals surface area contributed by atoms with Crippen LogP contribution >= 0.6 is 0 Å². The van der Waals surface area contributed by atoms with E-state index in [1.165, 1.54) is 0 Å². The van der Waals surface area contributed by atoms with Crippen molar-refractivity contribution >= 4 is 27.5 Å². The molecule has 4 nitrogen and oxygen atoms in total. The van der Waals surface area contributed by atoms with Crippen LogP contribution in [0, 0.1) is 0 Å². The van der Waals surface area contributed by atoms with E-state index in [0.29, 0.717) is 27.5 Å². The van der Waals surface area contributed by atoms with Gasteiger partial charge in [0.25, 0.3) is 5.91 Å². The number of carbonyl (C=O) groups excluding carboxylic acids is 1. The molecule has 0 saturated carbocycles. The standard InChI is InChI=1S/C27H27NO3/c1-16(2)28(17(3)4)27(31)24-21-11-7-8-12-22(21)25(29)26(30)23(24)20-14-13-18-9-5-6-10-19(18)15-20/h5-17,29-30H,1-4H3. The maximum Gasteiger partial charge on any atom is 0.255 e. The van der Waals surface area contributed by atoms with E-state index in [-0.39, 0.29) is 29.5 Å². The molecule has 4 aromatic rings. The zero-order valence-corrected chi connectivity index (χ0v) is 18.3. The third kappa shape index (κ3) is 3.48. The lowest BCUT2D eigenvalue weighted by Gasteiger charge is -2.32. The van der Waals surface area contributed by atoms with E-state index in [2.05, 4.69) is 0 Å². The average Bonchev–Trinajstić information content (AvgIpc) is 2.75. The average molecular weight is 414 g/mol. The molecule has 0 aliphatic heterocycles. The van der Waals surface area contributed by atoms with Crippen LogP contribution in [0.1, 0.15) is 38.1 Å². The zero-order valence-electron chi connectivity index (χ0n) is 18.3. The van der Waals surface area contributed by atoms with Gasteiger partial charge in [0.05, 0.1) is 5.56 Å². The van der Waals surface area contributed by atoms with Gasteiger partial charge in [-0.3, -0.25) is 4.79 Å². The van der Waals surface area contributed by atoms with Crippen LogP contribution < -0.4 is 0 Å². The Labute approximate surface area is 182 Å². The second-order valence-electron chi connectivity index (χ2n) is 8.45. The molecule has 31 heavy (non-hydrogen) atoms. The Morgan fingerprint density at radius 1 is 0.742 bits per heavy atom. The van der Waals surface area contributed by atoms with Crippen molar-refractivity contribution in [3.63, 3.8) is 0 Å². The Bertz CT molecular complexity index is 1280. The summed E-state index contributed by atoms with van der Waals surface area (Å²) in [5.74, 6) is -0.652. The first kappa shape index (κ1) is 20.7. The van der Waals surface area contributed by atoms with Crippen molar-refractivity contribution in [3.05, 3.63) is 72.3 Å². The number of fused-ring (bicyclic) bond motifs is 2. The molecule has 4 aromatic carbocycles. The second kappa shape index (κ2) is 7.95. The normalized spacial score (nSPS) is 11.5. The van der Waals surface area contributed by atoms with Gasteiger partial charge in [-0.25, -0.2) is 0 Å². The minimum absolute atomic E-state index is 0.0216. The van der Waals surface area contributed by atoms with E-state index in [1.807, 2.05) is 87.2 Å². The molecule has 4 rings (SSSR count). The molecule has 0 aliphatic carbocycles. The van der Waals surface area contributed by atoms with Crippen molar-refractivity contribution in [2.24, 2.45) is 0 Å². The van der Waals surface area contributed by atoms with Gasteiger partial charge in [0, 0.05) is 23.0 Å². The Hall–Kier alpha value is -3.53. The van der Waals surface area contributed by atoms with Crippen molar-refractivity contribution in [1.82, 2.24) is 4.90 Å². The van der Waals surface area contributed by atoms with Gasteiger partial charge < -0.3 is 15.1 Å². The number of benzene rings is 4. The summed E-state index contributed by atoms with van der Waals surface area (Å²) in [6.45, 7) is 7.93. The number of phenols is 2. The number of rotatable bonds is 4. The van der Waals surface area contributed by atoms with Crippen molar-refractivity contribution in [2.45, 2.75) is 39.8 Å². The SMILES string of the molecule is CC(C)N(C(=O)c1c(-c2ccc3ccccc3c2)c(O)c(O)c2ccccc12)C(C)C. The Morgan fingerprint density at radius 3 is 1.97 bits per heavy atom. The van der Waals surface area contributed by atoms with Crippen LogP contribution in [0.4, 0.5) is 0 Å². The van der Waals surface area contributed by atoms with Crippen molar-refractivity contribution in [2.75, 3.05) is 0 Å². The smallest absolute Gasteiger partial charge is 0.255 e. The van der Waals surface area contributed by atoms with Gasteiger partial charge in [-0.1, -0.05) is 60.7 Å². The first-order valence-electron chi connectivity index (χ1n) is 10.6. The van der Waals surface area contributed by atoms with E-state index < -0.39 is 0 Å². The minimum Gasteiger partial charge on any atom is -0.504 e. The predicted octanol–water partition coefficient (Wildman–Crippen LogP) is 6.33. The van der Waals surface area contributed by atoms with Crippen LogP contribution in [0.5, 0.6) is 11.5 Å². The summed E-state index contributed by atoms with van der Waals surface area (Å²) in [5.41, 5.74) is 1.45. The molecule has 158 valence electrons. The van der Waals surface area contributed by atoms with E-state index in [4.69, 9.17) is 0 Å². The van der Waals surface area contributed by atoms with Crippen molar-refractivity contribution in [3.8, 4) is 22.6 Å². The molecule has 0 atom stereocenters. The summed E-state index contributed by atoms with van der Waals surface area (Å²) in [4.78, 5) is 15.7. The van der Waals surface area contributed by atoms with Crippen LogP contribution in [-0.2, 0) is 0 Å². The predicted molar refractivity (Wildman–Crippen MR) is 127 cm³/mol. The number of phenolic OH excluding ortho intramolecular Hbond substituents is 2. The lowest BCUT2D eigenvalue weighted by atomic mass is 9.90. The van der Waals surface area contributed by atoms with E-state index in [1.54, 1.807) is 12.1 Å². The molecular weight excluding hydrogens is 386 g/mol. The van der Waals surface area contributed by atoms with Gasteiger partial charge in [-0.2, -0.15) is 0 Å². The number of aromatic hydroxyl groups is 2. The van der Waals surface area contributed by atoms with Crippen LogP contribution in [-0.4, -0.2) is 33.1 Å². The molecule has 0 spiro atoms. The topological polar surface area (TPSA) is 60.8 Å². The number of hydrogen-bond donors (Lipinski definition) is 2. The van der Waals surface area contributed by atoms with E-state index >= 15 is 0 Å². The van der Waals surface area contributed by atoms with E-state index in [9.17, 15) is 15.0 Å². The molecule has 0 aliphatic rings. The number of hydrogen-bond acceptors (Lipinski definition) is 3. The zero-order chi connectivity index (χ0) is 22.3. The fourth-order valence-corrected chi connectivity index (χ4v) is 4.45. The largest absolute Gasteiger partial charge is 0.504 e. The van der Waals surface area contributed by atoms with Crippen LogP contribution in [0.3, 0.4) is 0 Å². The fourth-order valence-electron chi connectivity index (χ4n) is 4.45. The third-order valence-electron chi connectivity index (χ3n) is 5.76. The van der Waals surface area contributed by atoms with Crippen LogP contribution in [0.25, 0.3) is 32.7 Å². The summed E-state index contributed by atoms with van der Waals surface area (Å²) in [6.07, 6.45) is 0. The highest BCUT2D eigenvalue weighted by molar-refractivity contribution is 6.16. The van der Waals surface area contributed by atoms with Crippen molar-refractivity contribution < 1.29 is 15.0 Å². The third-order valence-corrected chi connectivity index (χ3v) is 5.76. The lowest BCUT2D eigenvalue weighted by Crippen LogP contribution is -2.42. The first-order valence-corrected chi connectivity index (χ1v) is 10.6. The van der Waals surface area contributed by atoms with Gasteiger partial charge in [-0.05, 0) is 55.5 Å². The van der Waals surface area contributed by atoms with Crippen molar-refractivity contribution in [1.29, 1.82) is 0 Å². The van der Waals surface area contributed by atoms with Gasteiger partial charge in [0.1, 0.15) is 0 Å². The monoisotopic (exact) mass is 413 g/mol.